The smallest absolute Gasteiger partial charge is 0.313 e. The van der Waals surface area contributed by atoms with Gasteiger partial charge >= 0.3 is 11.8 Å². The van der Waals surface area contributed by atoms with E-state index in [1.807, 2.05) is 19.1 Å². The van der Waals surface area contributed by atoms with Crippen LogP contribution in [0.15, 0.2) is 30.3 Å². The molecule has 1 aromatic carbocycles. The third kappa shape index (κ3) is 5.08. The first-order valence-corrected chi connectivity index (χ1v) is 10.3. The van der Waals surface area contributed by atoms with Gasteiger partial charge in [-0.05, 0) is 56.5 Å². The maximum Gasteiger partial charge on any atom is 0.313 e. The Kier molecular flexibility index (Phi) is 6.43. The van der Waals surface area contributed by atoms with Crippen LogP contribution in [-0.2, 0) is 20.8 Å². The van der Waals surface area contributed by atoms with Crippen LogP contribution in [0.4, 0.5) is 11.4 Å². The predicted octanol–water partition coefficient (Wildman–Crippen LogP) is 2.68. The molecular formula is C21H23N3O4S. The molecule has 1 saturated heterocycles. The number of ketones is 1. The predicted molar refractivity (Wildman–Crippen MR) is 112 cm³/mol. The normalized spacial score (nSPS) is 13.4. The number of hydrogen-bond donors (Lipinski definition) is 2. The van der Waals surface area contributed by atoms with Gasteiger partial charge in [-0.3, -0.25) is 19.2 Å². The lowest BCUT2D eigenvalue weighted by Crippen LogP contribution is -2.36. The molecule has 0 radical (unpaired) electrons. The lowest BCUT2D eigenvalue weighted by Gasteiger charge is -2.19. The van der Waals surface area contributed by atoms with Crippen molar-refractivity contribution in [3.63, 3.8) is 0 Å². The molecule has 0 bridgehead atoms. The monoisotopic (exact) mass is 413 g/mol. The van der Waals surface area contributed by atoms with Gasteiger partial charge in [-0.1, -0.05) is 6.07 Å². The summed E-state index contributed by atoms with van der Waals surface area (Å²) in [5, 5.41) is 5.17. The first-order chi connectivity index (χ1) is 13.8. The fraction of sp³-hybridized carbons (Fsp3) is 0.333. The number of rotatable bonds is 6. The average Bonchev–Trinajstić information content (AvgIpc) is 3.32. The van der Waals surface area contributed by atoms with Crippen LogP contribution in [0.25, 0.3) is 0 Å². The van der Waals surface area contributed by atoms with E-state index < -0.39 is 11.8 Å². The third-order valence-electron chi connectivity index (χ3n) is 4.70. The maximum atomic E-state index is 12.2. The van der Waals surface area contributed by atoms with Gasteiger partial charge in [0, 0.05) is 35.8 Å². The van der Waals surface area contributed by atoms with Crippen molar-refractivity contribution in [2.24, 2.45) is 0 Å². The number of hydrogen-bond acceptors (Lipinski definition) is 5. The molecule has 1 aliphatic rings. The first-order valence-electron chi connectivity index (χ1n) is 9.45. The summed E-state index contributed by atoms with van der Waals surface area (Å²) >= 11 is 1.39. The minimum atomic E-state index is -0.761. The number of thiophene rings is 1. The summed E-state index contributed by atoms with van der Waals surface area (Å²) in [6.07, 6.45) is 1.88. The molecule has 8 heteroatoms. The summed E-state index contributed by atoms with van der Waals surface area (Å²) in [7, 11) is 0. The number of benzene rings is 1. The molecule has 3 amide bonds. The highest BCUT2D eigenvalue weighted by molar-refractivity contribution is 7.14. The number of carbonyl (C=O) groups excluding carboxylic acids is 4. The maximum absolute atomic E-state index is 12.2. The second kappa shape index (κ2) is 9.00. The van der Waals surface area contributed by atoms with Crippen molar-refractivity contribution in [1.82, 2.24) is 5.32 Å². The van der Waals surface area contributed by atoms with E-state index in [4.69, 9.17) is 0 Å². The molecule has 1 aliphatic heterocycles. The standard InChI is InChI=1S/C21H23N3O4S/c1-13-5-6-15(12-17(13)24-11-3-4-19(24)26)23-21(28)20(27)22-10-9-16-7-8-18(29-16)14(2)25/h5-8,12H,3-4,9-11H2,1-2H3,(H,22,27)(H,23,28). The molecule has 0 atom stereocenters. The molecule has 2 heterocycles. The summed E-state index contributed by atoms with van der Waals surface area (Å²) in [5.74, 6) is -1.41. The lowest BCUT2D eigenvalue weighted by atomic mass is 10.1. The highest BCUT2D eigenvalue weighted by Gasteiger charge is 2.23. The molecule has 1 fully saturated rings. The molecule has 0 spiro atoms. The van der Waals surface area contributed by atoms with Gasteiger partial charge in [0.2, 0.25) is 5.91 Å². The van der Waals surface area contributed by atoms with E-state index >= 15 is 0 Å². The number of nitrogens with one attached hydrogen (secondary N) is 2. The molecule has 1 aromatic heterocycles. The Morgan fingerprint density at radius 3 is 2.59 bits per heavy atom. The van der Waals surface area contributed by atoms with E-state index in [1.54, 1.807) is 23.1 Å². The second-order valence-corrected chi connectivity index (χ2v) is 8.10. The molecule has 29 heavy (non-hydrogen) atoms. The number of anilines is 2. The van der Waals surface area contributed by atoms with E-state index in [2.05, 4.69) is 10.6 Å². The van der Waals surface area contributed by atoms with Gasteiger partial charge in [-0.25, -0.2) is 0 Å². The van der Waals surface area contributed by atoms with E-state index in [9.17, 15) is 19.2 Å². The molecule has 0 aliphatic carbocycles. The quantitative estimate of drug-likeness (QED) is 0.562. The van der Waals surface area contributed by atoms with Gasteiger partial charge in [0.05, 0.1) is 4.88 Å². The minimum Gasteiger partial charge on any atom is -0.347 e. The van der Waals surface area contributed by atoms with Crippen molar-refractivity contribution in [1.29, 1.82) is 0 Å². The van der Waals surface area contributed by atoms with Gasteiger partial charge in [-0.15, -0.1) is 11.3 Å². The molecule has 0 saturated carbocycles. The Morgan fingerprint density at radius 1 is 1.14 bits per heavy atom. The number of Topliss-reactive ketones (excluding diaryl/α,β-unsaturated/α-hetero) is 1. The third-order valence-corrected chi connectivity index (χ3v) is 5.95. The van der Waals surface area contributed by atoms with Gasteiger partial charge in [0.1, 0.15) is 0 Å². The Bertz CT molecular complexity index is 967. The van der Waals surface area contributed by atoms with Crippen molar-refractivity contribution >= 4 is 46.2 Å². The molecule has 2 aromatic rings. The van der Waals surface area contributed by atoms with E-state index in [-0.39, 0.29) is 11.7 Å². The van der Waals surface area contributed by atoms with Crippen LogP contribution in [0.3, 0.4) is 0 Å². The van der Waals surface area contributed by atoms with Crippen LogP contribution in [0.1, 0.15) is 39.9 Å². The van der Waals surface area contributed by atoms with E-state index in [1.165, 1.54) is 18.3 Å². The average molecular weight is 413 g/mol. The Hall–Kier alpha value is -3.00. The lowest BCUT2D eigenvalue weighted by molar-refractivity contribution is -0.136. The minimum absolute atomic E-state index is 0.0118. The van der Waals surface area contributed by atoms with Crippen LogP contribution in [0, 0.1) is 6.92 Å². The van der Waals surface area contributed by atoms with Crippen LogP contribution in [0.2, 0.25) is 0 Å². The molecule has 2 N–H and O–H groups in total. The summed E-state index contributed by atoms with van der Waals surface area (Å²) < 4.78 is 0. The SMILES string of the molecule is CC(=O)c1ccc(CCNC(=O)C(=O)Nc2ccc(C)c(N3CCCC3=O)c2)s1. The summed E-state index contributed by atoms with van der Waals surface area (Å²) in [5.41, 5.74) is 2.16. The van der Waals surface area contributed by atoms with Crippen LogP contribution >= 0.6 is 11.3 Å². The van der Waals surface area contributed by atoms with Gasteiger partial charge < -0.3 is 15.5 Å². The summed E-state index contributed by atoms with van der Waals surface area (Å²) in [6, 6.07) is 8.86. The highest BCUT2D eigenvalue weighted by Crippen LogP contribution is 2.28. The molecular weight excluding hydrogens is 390 g/mol. The van der Waals surface area contributed by atoms with Crippen molar-refractivity contribution in [3.8, 4) is 0 Å². The van der Waals surface area contributed by atoms with E-state index in [0.717, 1.165) is 22.5 Å². The number of carbonyl (C=O) groups is 4. The van der Waals surface area contributed by atoms with Crippen molar-refractivity contribution in [3.05, 3.63) is 45.6 Å². The Labute approximate surface area is 173 Å². The number of amides is 3. The van der Waals surface area contributed by atoms with Crippen LogP contribution in [0.5, 0.6) is 0 Å². The fourth-order valence-corrected chi connectivity index (χ4v) is 4.05. The fourth-order valence-electron chi connectivity index (χ4n) is 3.15. The van der Waals surface area contributed by atoms with Crippen molar-refractivity contribution < 1.29 is 19.2 Å². The zero-order chi connectivity index (χ0) is 21.0. The first kappa shape index (κ1) is 20.7. The molecule has 7 nitrogen and oxygen atoms in total. The molecule has 152 valence electrons. The topological polar surface area (TPSA) is 95.6 Å². The molecule has 3 rings (SSSR count). The second-order valence-electron chi connectivity index (χ2n) is 6.93. The zero-order valence-electron chi connectivity index (χ0n) is 16.4. The van der Waals surface area contributed by atoms with Gasteiger partial charge in [0.15, 0.2) is 5.78 Å². The van der Waals surface area contributed by atoms with Crippen LogP contribution < -0.4 is 15.5 Å². The largest absolute Gasteiger partial charge is 0.347 e. The zero-order valence-corrected chi connectivity index (χ0v) is 17.2. The molecule has 0 unspecified atom stereocenters. The Balaban J connectivity index is 1.54. The van der Waals surface area contributed by atoms with Crippen LogP contribution in [-0.4, -0.2) is 36.6 Å². The summed E-state index contributed by atoms with van der Waals surface area (Å²) in [6.45, 7) is 4.37. The van der Waals surface area contributed by atoms with Gasteiger partial charge in [0.25, 0.3) is 0 Å². The number of nitrogens with zero attached hydrogens (tertiary/aromatic N) is 1. The summed E-state index contributed by atoms with van der Waals surface area (Å²) in [4.78, 5) is 50.9. The number of aryl methyl sites for hydroxylation is 1. The highest BCUT2D eigenvalue weighted by atomic mass is 32.1. The van der Waals surface area contributed by atoms with Crippen molar-refractivity contribution in [2.45, 2.75) is 33.1 Å². The van der Waals surface area contributed by atoms with Crippen molar-refractivity contribution in [2.75, 3.05) is 23.3 Å². The van der Waals surface area contributed by atoms with Gasteiger partial charge in [-0.2, -0.15) is 0 Å². The Morgan fingerprint density at radius 2 is 1.93 bits per heavy atom. The van der Waals surface area contributed by atoms with E-state index in [0.29, 0.717) is 36.5 Å².